The molecule has 0 radical (unpaired) electrons. The Labute approximate surface area is 94.4 Å². The lowest BCUT2D eigenvalue weighted by atomic mass is 10.1. The molecule has 0 saturated heterocycles. The van der Waals surface area contributed by atoms with Gasteiger partial charge in [0.05, 0.1) is 0 Å². The molecule has 0 unspecified atom stereocenters. The fourth-order valence-corrected chi connectivity index (χ4v) is 1.30. The SMILES string of the molecule is Nc1ccccc1C#Cc1ccc(O)cc1. The lowest BCUT2D eigenvalue weighted by molar-refractivity contribution is 0.475. The molecule has 2 heteroatoms. The van der Waals surface area contributed by atoms with Gasteiger partial charge in [-0.1, -0.05) is 24.0 Å². The van der Waals surface area contributed by atoms with Crippen molar-refractivity contribution in [1.29, 1.82) is 0 Å². The maximum Gasteiger partial charge on any atom is 0.115 e. The van der Waals surface area contributed by atoms with Gasteiger partial charge < -0.3 is 10.8 Å². The van der Waals surface area contributed by atoms with Crippen molar-refractivity contribution in [3.63, 3.8) is 0 Å². The van der Waals surface area contributed by atoms with E-state index in [1.54, 1.807) is 24.3 Å². The third-order valence-corrected chi connectivity index (χ3v) is 2.17. The van der Waals surface area contributed by atoms with Crippen molar-refractivity contribution in [3.8, 4) is 17.6 Å². The number of nitrogen functional groups attached to an aromatic ring is 1. The Bertz CT molecular complexity index is 547. The van der Waals surface area contributed by atoms with Gasteiger partial charge in [-0.15, -0.1) is 0 Å². The Morgan fingerprint density at radius 3 is 2.25 bits per heavy atom. The summed E-state index contributed by atoms with van der Waals surface area (Å²) in [5.74, 6) is 6.22. The first-order valence-corrected chi connectivity index (χ1v) is 4.91. The Hall–Kier alpha value is -2.40. The zero-order chi connectivity index (χ0) is 11.4. The molecule has 0 amide bonds. The van der Waals surface area contributed by atoms with Gasteiger partial charge in [-0.05, 0) is 36.4 Å². The molecule has 16 heavy (non-hydrogen) atoms. The molecule has 0 saturated carbocycles. The second-order valence-electron chi connectivity index (χ2n) is 3.38. The molecule has 2 aromatic carbocycles. The molecule has 0 aliphatic heterocycles. The average molecular weight is 209 g/mol. The number of hydrogen-bond donors (Lipinski definition) is 2. The van der Waals surface area contributed by atoms with E-state index in [0.29, 0.717) is 5.69 Å². The van der Waals surface area contributed by atoms with Crippen LogP contribution in [0.1, 0.15) is 11.1 Å². The summed E-state index contributed by atoms with van der Waals surface area (Å²) in [6, 6.07) is 14.2. The van der Waals surface area contributed by atoms with Gasteiger partial charge in [0.2, 0.25) is 0 Å². The number of para-hydroxylation sites is 1. The quantitative estimate of drug-likeness (QED) is 0.517. The standard InChI is InChI=1S/C14H11NO/c15-14-4-2-1-3-12(14)8-5-11-6-9-13(16)10-7-11/h1-4,6-7,9-10,16H,15H2. The lowest BCUT2D eigenvalue weighted by Gasteiger charge is -1.95. The maximum absolute atomic E-state index is 9.12. The molecule has 0 aliphatic carbocycles. The smallest absolute Gasteiger partial charge is 0.115 e. The molecule has 0 spiro atoms. The summed E-state index contributed by atoms with van der Waals surface area (Å²) < 4.78 is 0. The number of aromatic hydroxyl groups is 1. The Kier molecular flexibility index (Phi) is 2.79. The van der Waals surface area contributed by atoms with Gasteiger partial charge in [0.1, 0.15) is 5.75 Å². The fourth-order valence-electron chi connectivity index (χ4n) is 1.30. The largest absolute Gasteiger partial charge is 0.508 e. The van der Waals surface area contributed by atoms with Crippen LogP contribution < -0.4 is 5.73 Å². The van der Waals surface area contributed by atoms with E-state index in [0.717, 1.165) is 11.1 Å². The predicted octanol–water partition coefficient (Wildman–Crippen LogP) is 2.37. The van der Waals surface area contributed by atoms with Crippen LogP contribution in [-0.4, -0.2) is 5.11 Å². The van der Waals surface area contributed by atoms with Gasteiger partial charge in [-0.2, -0.15) is 0 Å². The third kappa shape index (κ3) is 2.34. The van der Waals surface area contributed by atoms with Crippen LogP contribution in [0.4, 0.5) is 5.69 Å². The molecule has 2 nitrogen and oxygen atoms in total. The summed E-state index contributed by atoms with van der Waals surface area (Å²) in [5, 5.41) is 9.12. The minimum atomic E-state index is 0.241. The Morgan fingerprint density at radius 2 is 1.56 bits per heavy atom. The van der Waals surface area contributed by atoms with Crippen LogP contribution in [0.25, 0.3) is 0 Å². The Morgan fingerprint density at radius 1 is 0.875 bits per heavy atom. The van der Waals surface area contributed by atoms with E-state index in [2.05, 4.69) is 11.8 Å². The van der Waals surface area contributed by atoms with Crippen LogP contribution in [0.3, 0.4) is 0 Å². The molecule has 78 valence electrons. The highest BCUT2D eigenvalue weighted by Crippen LogP contribution is 2.10. The van der Waals surface area contributed by atoms with E-state index in [4.69, 9.17) is 10.8 Å². The molecular weight excluding hydrogens is 198 g/mol. The number of phenols is 1. The minimum Gasteiger partial charge on any atom is -0.508 e. The zero-order valence-corrected chi connectivity index (χ0v) is 8.64. The number of nitrogens with two attached hydrogens (primary N) is 1. The molecule has 0 aliphatic rings. The van der Waals surface area contributed by atoms with Crippen molar-refractivity contribution in [2.24, 2.45) is 0 Å². The van der Waals surface area contributed by atoms with Crippen molar-refractivity contribution in [2.75, 3.05) is 5.73 Å². The second kappa shape index (κ2) is 4.41. The van der Waals surface area contributed by atoms with Crippen molar-refractivity contribution in [1.82, 2.24) is 0 Å². The highest BCUT2D eigenvalue weighted by Gasteiger charge is 1.92. The van der Waals surface area contributed by atoms with E-state index in [1.807, 2.05) is 24.3 Å². The predicted molar refractivity (Wildman–Crippen MR) is 64.9 cm³/mol. The van der Waals surface area contributed by atoms with E-state index >= 15 is 0 Å². The first kappa shape index (κ1) is 10.1. The van der Waals surface area contributed by atoms with Crippen molar-refractivity contribution in [3.05, 3.63) is 59.7 Å². The van der Waals surface area contributed by atoms with Crippen LogP contribution in [0, 0.1) is 11.8 Å². The summed E-state index contributed by atoms with van der Waals surface area (Å²) in [6.07, 6.45) is 0. The van der Waals surface area contributed by atoms with Gasteiger partial charge >= 0.3 is 0 Å². The molecule has 0 atom stereocenters. The molecule has 0 bridgehead atoms. The molecule has 3 N–H and O–H groups in total. The van der Waals surface area contributed by atoms with Crippen LogP contribution in [0.5, 0.6) is 5.75 Å². The average Bonchev–Trinajstić information content (AvgIpc) is 2.30. The van der Waals surface area contributed by atoms with Crippen LogP contribution >= 0.6 is 0 Å². The van der Waals surface area contributed by atoms with Crippen LogP contribution in [0.15, 0.2) is 48.5 Å². The van der Waals surface area contributed by atoms with Crippen molar-refractivity contribution in [2.45, 2.75) is 0 Å². The van der Waals surface area contributed by atoms with E-state index in [-0.39, 0.29) is 5.75 Å². The fraction of sp³-hybridized carbons (Fsp3) is 0. The van der Waals surface area contributed by atoms with E-state index in [9.17, 15) is 0 Å². The monoisotopic (exact) mass is 209 g/mol. The first-order valence-electron chi connectivity index (χ1n) is 4.91. The molecular formula is C14H11NO. The normalized spacial score (nSPS) is 9.25. The third-order valence-electron chi connectivity index (χ3n) is 2.17. The number of hydrogen-bond acceptors (Lipinski definition) is 2. The van der Waals surface area contributed by atoms with Gasteiger partial charge in [-0.25, -0.2) is 0 Å². The summed E-state index contributed by atoms with van der Waals surface area (Å²) in [6.45, 7) is 0. The number of rotatable bonds is 0. The Balaban J connectivity index is 2.29. The van der Waals surface area contributed by atoms with E-state index in [1.165, 1.54) is 0 Å². The molecule has 2 aromatic rings. The lowest BCUT2D eigenvalue weighted by Crippen LogP contribution is -1.88. The van der Waals surface area contributed by atoms with Crippen molar-refractivity contribution < 1.29 is 5.11 Å². The molecule has 0 fully saturated rings. The number of anilines is 1. The minimum absolute atomic E-state index is 0.241. The number of benzene rings is 2. The molecule has 2 rings (SSSR count). The summed E-state index contributed by atoms with van der Waals surface area (Å²) in [4.78, 5) is 0. The van der Waals surface area contributed by atoms with Crippen LogP contribution in [0.2, 0.25) is 0 Å². The molecule has 0 aromatic heterocycles. The van der Waals surface area contributed by atoms with E-state index < -0.39 is 0 Å². The van der Waals surface area contributed by atoms with Gasteiger partial charge in [0, 0.05) is 16.8 Å². The van der Waals surface area contributed by atoms with Crippen LogP contribution in [-0.2, 0) is 0 Å². The summed E-state index contributed by atoms with van der Waals surface area (Å²) in [7, 11) is 0. The highest BCUT2D eigenvalue weighted by atomic mass is 16.3. The van der Waals surface area contributed by atoms with Gasteiger partial charge in [0.25, 0.3) is 0 Å². The maximum atomic E-state index is 9.12. The zero-order valence-electron chi connectivity index (χ0n) is 8.64. The van der Waals surface area contributed by atoms with Crippen molar-refractivity contribution >= 4 is 5.69 Å². The highest BCUT2D eigenvalue weighted by molar-refractivity contribution is 5.57. The van der Waals surface area contributed by atoms with Gasteiger partial charge in [0.15, 0.2) is 0 Å². The summed E-state index contributed by atoms with van der Waals surface area (Å²) in [5.41, 5.74) is 8.10. The van der Waals surface area contributed by atoms with Gasteiger partial charge in [-0.3, -0.25) is 0 Å². The topological polar surface area (TPSA) is 46.2 Å². The molecule has 0 heterocycles. The summed E-state index contributed by atoms with van der Waals surface area (Å²) >= 11 is 0. The number of phenolic OH excluding ortho intramolecular Hbond substituents is 1. The second-order valence-corrected chi connectivity index (χ2v) is 3.38. The first-order chi connectivity index (χ1) is 7.75.